The Morgan fingerprint density at radius 2 is 2.53 bits per heavy atom. The first kappa shape index (κ1) is 9.91. The summed E-state index contributed by atoms with van der Waals surface area (Å²) in [7, 11) is 0. The summed E-state index contributed by atoms with van der Waals surface area (Å²) in [5, 5.41) is 20.1. The zero-order valence-corrected chi connectivity index (χ0v) is 8.43. The maximum atomic E-state index is 10.7. The Kier molecular flexibility index (Phi) is 2.55. The molecule has 82 valence electrons. The Morgan fingerprint density at radius 3 is 3.20 bits per heavy atom. The van der Waals surface area contributed by atoms with Gasteiger partial charge in [-0.1, -0.05) is 5.10 Å². The number of aromatic amines is 1. The molecule has 0 radical (unpaired) electrons. The van der Waals surface area contributed by atoms with Gasteiger partial charge in [-0.3, -0.25) is 0 Å². The third-order valence-electron chi connectivity index (χ3n) is 2.49. The minimum atomic E-state index is -0.435. The van der Waals surface area contributed by atoms with Gasteiger partial charge in [0.2, 0.25) is 0 Å². The summed E-state index contributed by atoms with van der Waals surface area (Å²) in [6.45, 7) is 4.42. The number of nitro groups is 1. The van der Waals surface area contributed by atoms with Crippen molar-refractivity contribution in [3.8, 4) is 0 Å². The first-order chi connectivity index (χ1) is 7.18. The number of anilines is 1. The first-order valence-electron chi connectivity index (χ1n) is 4.84. The Bertz CT molecular complexity index is 364. The number of hydrogen-bond donors (Lipinski definition) is 2. The van der Waals surface area contributed by atoms with Crippen LogP contribution in [0.15, 0.2) is 6.20 Å². The summed E-state index contributed by atoms with van der Waals surface area (Å²) in [5.41, 5.74) is 0.577. The van der Waals surface area contributed by atoms with Crippen LogP contribution in [-0.4, -0.2) is 40.8 Å². The van der Waals surface area contributed by atoms with Crippen LogP contribution in [0.1, 0.15) is 6.92 Å². The van der Waals surface area contributed by atoms with Crippen LogP contribution in [0.5, 0.6) is 0 Å². The number of piperazine rings is 1. The van der Waals surface area contributed by atoms with Gasteiger partial charge in [-0.15, -0.1) is 5.10 Å². The Labute approximate surface area is 86.6 Å². The molecular weight excluding hydrogens is 198 g/mol. The van der Waals surface area contributed by atoms with E-state index in [1.165, 1.54) is 6.20 Å². The second-order valence-electron chi connectivity index (χ2n) is 3.66. The number of nitrogens with zero attached hydrogens (tertiary/aromatic N) is 3. The molecule has 15 heavy (non-hydrogen) atoms. The average Bonchev–Trinajstić information content (AvgIpc) is 2.65. The number of rotatable bonds is 2. The summed E-state index contributed by atoms with van der Waals surface area (Å²) in [6.07, 6.45) is 1.51. The van der Waals surface area contributed by atoms with Gasteiger partial charge < -0.3 is 20.3 Å². The molecule has 2 heterocycles. The molecule has 1 aromatic rings. The first-order valence-corrected chi connectivity index (χ1v) is 4.84. The average molecular weight is 211 g/mol. The van der Waals surface area contributed by atoms with Crippen LogP contribution in [0.2, 0.25) is 0 Å². The predicted octanol–water partition coefficient (Wildman–Crippen LogP) is 0.116. The highest BCUT2D eigenvalue weighted by molar-refractivity contribution is 5.58. The fourth-order valence-corrected chi connectivity index (χ4v) is 1.79. The van der Waals surface area contributed by atoms with Gasteiger partial charge in [-0.2, -0.15) is 0 Å². The monoisotopic (exact) mass is 211 g/mol. The highest BCUT2D eigenvalue weighted by atomic mass is 16.6. The fraction of sp³-hybridized carbons (Fsp3) is 0.625. The van der Waals surface area contributed by atoms with Crippen LogP contribution >= 0.6 is 0 Å². The zero-order valence-electron chi connectivity index (χ0n) is 8.43. The molecule has 7 heteroatoms. The maximum absolute atomic E-state index is 10.7. The summed E-state index contributed by atoms with van der Waals surface area (Å²) < 4.78 is 0. The molecule has 1 fully saturated rings. The smallest absolute Gasteiger partial charge is 0.361 e. The van der Waals surface area contributed by atoms with E-state index in [1.807, 2.05) is 4.90 Å². The van der Waals surface area contributed by atoms with Crippen molar-refractivity contribution in [2.75, 3.05) is 24.5 Å². The van der Waals surface area contributed by atoms with Gasteiger partial charge in [0.25, 0.3) is 0 Å². The van der Waals surface area contributed by atoms with Gasteiger partial charge in [0.05, 0.1) is 0 Å². The van der Waals surface area contributed by atoms with Crippen molar-refractivity contribution < 1.29 is 4.92 Å². The third-order valence-corrected chi connectivity index (χ3v) is 2.49. The molecular formula is C8H13N5O2. The molecule has 2 N–H and O–H groups in total. The van der Waals surface area contributed by atoms with Crippen molar-refractivity contribution in [2.24, 2.45) is 0 Å². The van der Waals surface area contributed by atoms with Crippen LogP contribution in [0.3, 0.4) is 0 Å². The van der Waals surface area contributed by atoms with E-state index in [-0.39, 0.29) is 5.82 Å². The second kappa shape index (κ2) is 3.85. The zero-order chi connectivity index (χ0) is 10.8. The highest BCUT2D eigenvalue weighted by Crippen LogP contribution is 2.25. The van der Waals surface area contributed by atoms with E-state index in [0.29, 0.717) is 11.7 Å². The van der Waals surface area contributed by atoms with E-state index in [0.717, 1.165) is 19.6 Å². The quantitative estimate of drug-likeness (QED) is 0.535. The van der Waals surface area contributed by atoms with Crippen LogP contribution < -0.4 is 10.2 Å². The predicted molar refractivity (Wildman–Crippen MR) is 54.9 cm³/mol. The molecule has 1 aliphatic heterocycles. The lowest BCUT2D eigenvalue weighted by Gasteiger charge is -2.31. The second-order valence-corrected chi connectivity index (χ2v) is 3.66. The third kappa shape index (κ3) is 1.91. The van der Waals surface area contributed by atoms with Crippen molar-refractivity contribution in [3.05, 3.63) is 16.3 Å². The number of aromatic nitrogens is 2. The molecule has 0 amide bonds. The van der Waals surface area contributed by atoms with Gasteiger partial charge in [0.1, 0.15) is 6.20 Å². The molecule has 0 aromatic carbocycles. The van der Waals surface area contributed by atoms with Gasteiger partial charge in [0, 0.05) is 25.7 Å². The summed E-state index contributed by atoms with van der Waals surface area (Å²) >= 11 is 0. The normalized spacial score (nSPS) is 21.7. The van der Waals surface area contributed by atoms with Gasteiger partial charge in [-0.05, 0) is 11.8 Å². The van der Waals surface area contributed by atoms with Gasteiger partial charge >= 0.3 is 5.82 Å². The van der Waals surface area contributed by atoms with Crippen LogP contribution in [-0.2, 0) is 0 Å². The van der Waals surface area contributed by atoms with Crippen molar-refractivity contribution >= 4 is 11.5 Å². The number of H-pyrrole nitrogens is 1. The molecule has 1 aliphatic rings. The highest BCUT2D eigenvalue weighted by Gasteiger charge is 2.24. The molecule has 1 saturated heterocycles. The lowest BCUT2D eigenvalue weighted by Crippen LogP contribution is -2.49. The van der Waals surface area contributed by atoms with Crippen LogP contribution in [0.4, 0.5) is 11.5 Å². The largest absolute Gasteiger partial charge is 0.366 e. The minimum absolute atomic E-state index is 0.0240. The molecule has 1 unspecified atom stereocenters. The molecule has 1 atom stereocenters. The Morgan fingerprint density at radius 1 is 1.73 bits per heavy atom. The lowest BCUT2D eigenvalue weighted by molar-refractivity contribution is -0.388. The Balaban J connectivity index is 2.21. The molecule has 0 aliphatic carbocycles. The van der Waals surface area contributed by atoms with E-state index in [2.05, 4.69) is 22.4 Å². The standard InChI is InChI=1S/C8H13N5O2/c1-6-5-12(3-2-9-6)7-4-10-11-8(7)13(14)15/h4,6,9H,2-3,5H2,1H3,(H,10,11). The topological polar surface area (TPSA) is 87.1 Å². The van der Waals surface area contributed by atoms with Crippen molar-refractivity contribution in [2.45, 2.75) is 13.0 Å². The Hall–Kier alpha value is -1.63. The van der Waals surface area contributed by atoms with Crippen LogP contribution in [0, 0.1) is 10.1 Å². The fourth-order valence-electron chi connectivity index (χ4n) is 1.79. The molecule has 1 aromatic heterocycles. The SMILES string of the molecule is CC1CN(c2cn[nH]c2[N+](=O)[O-])CCN1. The van der Waals surface area contributed by atoms with E-state index >= 15 is 0 Å². The summed E-state index contributed by atoms with van der Waals surface area (Å²) in [5.74, 6) is -0.0240. The van der Waals surface area contributed by atoms with Crippen molar-refractivity contribution in [3.63, 3.8) is 0 Å². The van der Waals surface area contributed by atoms with Gasteiger partial charge in [0.15, 0.2) is 5.69 Å². The summed E-state index contributed by atoms with van der Waals surface area (Å²) in [6, 6.07) is 0.341. The molecule has 2 rings (SSSR count). The van der Waals surface area contributed by atoms with E-state index in [4.69, 9.17) is 0 Å². The lowest BCUT2D eigenvalue weighted by atomic mass is 10.2. The maximum Gasteiger partial charge on any atom is 0.366 e. The van der Waals surface area contributed by atoms with Gasteiger partial charge in [-0.25, -0.2) is 0 Å². The summed E-state index contributed by atoms with van der Waals surface area (Å²) in [4.78, 5) is 12.2. The van der Waals surface area contributed by atoms with Crippen molar-refractivity contribution in [1.82, 2.24) is 15.5 Å². The molecule has 0 bridgehead atoms. The molecule has 7 nitrogen and oxygen atoms in total. The van der Waals surface area contributed by atoms with E-state index in [1.54, 1.807) is 0 Å². The number of nitrogens with one attached hydrogen (secondary N) is 2. The van der Waals surface area contributed by atoms with E-state index in [9.17, 15) is 10.1 Å². The molecule has 0 spiro atoms. The molecule has 0 saturated carbocycles. The number of hydrogen-bond acceptors (Lipinski definition) is 5. The minimum Gasteiger partial charge on any atom is -0.361 e. The van der Waals surface area contributed by atoms with Crippen LogP contribution in [0.25, 0.3) is 0 Å². The van der Waals surface area contributed by atoms with Crippen molar-refractivity contribution in [1.29, 1.82) is 0 Å². The van der Waals surface area contributed by atoms with E-state index < -0.39 is 4.92 Å².